The summed E-state index contributed by atoms with van der Waals surface area (Å²) in [6.45, 7) is 3.14. The summed E-state index contributed by atoms with van der Waals surface area (Å²) in [5, 5.41) is 3.30. The average Bonchev–Trinajstić information content (AvgIpc) is 3.19. The highest BCUT2D eigenvalue weighted by Gasteiger charge is 2.41. The smallest absolute Gasteiger partial charge is 0.188 e. The van der Waals surface area contributed by atoms with Gasteiger partial charge in [-0.15, -0.1) is 0 Å². The second-order valence-electron chi connectivity index (χ2n) is 6.97. The summed E-state index contributed by atoms with van der Waals surface area (Å²) in [6, 6.07) is 0.589. The third-order valence-electron chi connectivity index (χ3n) is 5.45. The lowest BCUT2D eigenvalue weighted by molar-refractivity contribution is -0.0000524. The molecule has 0 aromatic rings. The van der Waals surface area contributed by atoms with E-state index in [-0.39, 0.29) is 5.54 Å². The number of hydrogen-bond acceptors (Lipinski definition) is 3. The molecule has 2 aliphatic carbocycles. The Morgan fingerprint density at radius 1 is 1.24 bits per heavy atom. The van der Waals surface area contributed by atoms with Gasteiger partial charge in [-0.1, -0.05) is 12.8 Å². The second kappa shape index (κ2) is 6.53. The van der Waals surface area contributed by atoms with Crippen LogP contribution < -0.4 is 11.1 Å². The molecule has 0 unspecified atom stereocenters. The van der Waals surface area contributed by atoms with E-state index in [9.17, 15) is 0 Å². The van der Waals surface area contributed by atoms with Crippen molar-refractivity contribution >= 4 is 5.96 Å². The quantitative estimate of drug-likeness (QED) is 0.595. The van der Waals surface area contributed by atoms with E-state index in [0.717, 1.165) is 32.5 Å². The molecule has 0 amide bonds. The molecule has 3 aliphatic rings. The zero-order valence-electron chi connectivity index (χ0n) is 13.3. The van der Waals surface area contributed by atoms with E-state index >= 15 is 0 Å². The number of guanidine groups is 1. The summed E-state index contributed by atoms with van der Waals surface area (Å²) in [6.07, 6.45) is 10.4. The number of nitrogens with two attached hydrogens (primary N) is 1. The lowest BCUT2D eigenvalue weighted by atomic mass is 9.91. The van der Waals surface area contributed by atoms with Gasteiger partial charge in [0.05, 0.1) is 12.6 Å². The molecule has 0 atom stereocenters. The van der Waals surface area contributed by atoms with Gasteiger partial charge in [0.2, 0.25) is 0 Å². The van der Waals surface area contributed by atoms with Gasteiger partial charge in [-0.2, -0.15) is 0 Å². The lowest BCUT2D eigenvalue weighted by Gasteiger charge is -2.44. The molecule has 5 heteroatoms. The number of likely N-dealkylation sites (tertiary alicyclic amines) is 1. The summed E-state index contributed by atoms with van der Waals surface area (Å²) >= 11 is 0. The maximum absolute atomic E-state index is 6.03. The highest BCUT2D eigenvalue weighted by atomic mass is 16.5. The summed E-state index contributed by atoms with van der Waals surface area (Å²) in [5.41, 5.74) is 6.28. The van der Waals surface area contributed by atoms with Crippen molar-refractivity contribution in [2.75, 3.05) is 26.7 Å². The van der Waals surface area contributed by atoms with Crippen LogP contribution in [0.25, 0.3) is 0 Å². The van der Waals surface area contributed by atoms with Crippen LogP contribution >= 0.6 is 0 Å². The van der Waals surface area contributed by atoms with Gasteiger partial charge in [0, 0.05) is 31.8 Å². The van der Waals surface area contributed by atoms with Gasteiger partial charge in [0.15, 0.2) is 5.96 Å². The lowest BCUT2D eigenvalue weighted by Crippen LogP contribution is -2.53. The minimum Gasteiger partial charge on any atom is -0.381 e. The van der Waals surface area contributed by atoms with Gasteiger partial charge in [-0.25, -0.2) is 0 Å². The number of ether oxygens (including phenoxy) is 1. The Labute approximate surface area is 128 Å². The van der Waals surface area contributed by atoms with Crippen LogP contribution in [0.2, 0.25) is 0 Å². The fourth-order valence-corrected chi connectivity index (χ4v) is 3.89. The molecular formula is C16H30N4O. The average molecular weight is 294 g/mol. The molecule has 3 fully saturated rings. The monoisotopic (exact) mass is 294 g/mol. The largest absolute Gasteiger partial charge is 0.381 e. The molecule has 0 spiro atoms. The van der Waals surface area contributed by atoms with Gasteiger partial charge in [0.1, 0.15) is 0 Å². The van der Waals surface area contributed by atoms with Crippen molar-refractivity contribution in [3.8, 4) is 0 Å². The van der Waals surface area contributed by atoms with E-state index in [4.69, 9.17) is 10.5 Å². The van der Waals surface area contributed by atoms with Crippen LogP contribution in [0.4, 0.5) is 0 Å². The van der Waals surface area contributed by atoms with Crippen LogP contribution in [0.1, 0.15) is 51.4 Å². The van der Waals surface area contributed by atoms with Crippen molar-refractivity contribution in [2.24, 2.45) is 10.7 Å². The molecule has 0 aromatic carbocycles. The van der Waals surface area contributed by atoms with Crippen molar-refractivity contribution in [3.63, 3.8) is 0 Å². The first kappa shape index (κ1) is 15.1. The Bertz CT molecular complexity index is 366. The maximum Gasteiger partial charge on any atom is 0.188 e. The third kappa shape index (κ3) is 3.69. The van der Waals surface area contributed by atoms with Crippen molar-refractivity contribution in [2.45, 2.75) is 69.1 Å². The summed E-state index contributed by atoms with van der Waals surface area (Å²) < 4.78 is 5.50. The Kier molecular flexibility index (Phi) is 4.69. The molecular weight excluding hydrogens is 264 g/mol. The van der Waals surface area contributed by atoms with Gasteiger partial charge < -0.3 is 15.8 Å². The zero-order valence-corrected chi connectivity index (χ0v) is 13.3. The first-order chi connectivity index (χ1) is 10.2. The highest BCUT2D eigenvalue weighted by Crippen LogP contribution is 2.37. The van der Waals surface area contributed by atoms with E-state index < -0.39 is 0 Å². The number of piperidine rings is 1. The SMILES string of the molecule is COC1CCN(C2(CN=C(N)NC3CC3)CCCC2)CC1. The standard InChI is InChI=1S/C16H30N4O/c1-21-14-6-10-20(11-7-14)16(8-2-3-9-16)12-18-15(17)19-13-4-5-13/h13-14H,2-12H2,1H3,(H3,17,18,19). The van der Waals surface area contributed by atoms with E-state index in [2.05, 4.69) is 15.2 Å². The van der Waals surface area contributed by atoms with Crippen molar-refractivity contribution in [1.29, 1.82) is 0 Å². The number of hydrogen-bond donors (Lipinski definition) is 2. The van der Waals surface area contributed by atoms with E-state index in [1.54, 1.807) is 0 Å². The van der Waals surface area contributed by atoms with Gasteiger partial charge in [-0.3, -0.25) is 9.89 Å². The van der Waals surface area contributed by atoms with Crippen LogP contribution in [-0.4, -0.2) is 55.3 Å². The maximum atomic E-state index is 6.03. The Balaban J connectivity index is 1.59. The fraction of sp³-hybridized carbons (Fsp3) is 0.938. The van der Waals surface area contributed by atoms with E-state index in [1.807, 2.05) is 7.11 Å². The van der Waals surface area contributed by atoms with E-state index in [0.29, 0.717) is 18.1 Å². The molecule has 0 radical (unpaired) electrons. The Morgan fingerprint density at radius 2 is 1.90 bits per heavy atom. The number of methoxy groups -OCH3 is 1. The summed E-state index contributed by atoms with van der Waals surface area (Å²) in [7, 11) is 1.83. The minimum absolute atomic E-state index is 0.258. The molecule has 21 heavy (non-hydrogen) atoms. The molecule has 0 aromatic heterocycles. The molecule has 5 nitrogen and oxygen atoms in total. The van der Waals surface area contributed by atoms with Crippen LogP contribution in [0.3, 0.4) is 0 Å². The highest BCUT2D eigenvalue weighted by molar-refractivity contribution is 5.78. The van der Waals surface area contributed by atoms with Gasteiger partial charge in [-0.05, 0) is 38.5 Å². The molecule has 120 valence electrons. The van der Waals surface area contributed by atoms with Crippen LogP contribution in [0, 0.1) is 0 Å². The first-order valence-electron chi connectivity index (χ1n) is 8.56. The predicted molar refractivity (Wildman–Crippen MR) is 85.5 cm³/mol. The van der Waals surface area contributed by atoms with Crippen molar-refractivity contribution in [1.82, 2.24) is 10.2 Å². The number of aliphatic imine (C=N–C) groups is 1. The minimum atomic E-state index is 0.258. The molecule has 1 aliphatic heterocycles. The zero-order chi connectivity index (χ0) is 14.7. The van der Waals surface area contributed by atoms with Crippen LogP contribution in [-0.2, 0) is 4.74 Å². The Hall–Kier alpha value is -0.810. The summed E-state index contributed by atoms with van der Waals surface area (Å²) in [4.78, 5) is 7.35. The molecule has 3 rings (SSSR count). The molecule has 1 saturated heterocycles. The molecule has 3 N–H and O–H groups in total. The number of nitrogens with one attached hydrogen (secondary N) is 1. The number of rotatable bonds is 5. The van der Waals surface area contributed by atoms with E-state index in [1.165, 1.54) is 38.5 Å². The first-order valence-corrected chi connectivity index (χ1v) is 8.56. The second-order valence-corrected chi connectivity index (χ2v) is 6.97. The molecule has 2 saturated carbocycles. The predicted octanol–water partition coefficient (Wildman–Crippen LogP) is 1.48. The molecule has 0 bridgehead atoms. The van der Waals surface area contributed by atoms with Crippen LogP contribution in [0.15, 0.2) is 4.99 Å². The molecule has 1 heterocycles. The normalized spacial score (nSPS) is 28.0. The topological polar surface area (TPSA) is 62.9 Å². The van der Waals surface area contributed by atoms with Gasteiger partial charge in [0.25, 0.3) is 0 Å². The van der Waals surface area contributed by atoms with Crippen LogP contribution in [0.5, 0.6) is 0 Å². The summed E-state index contributed by atoms with van der Waals surface area (Å²) in [5.74, 6) is 0.649. The van der Waals surface area contributed by atoms with Crippen molar-refractivity contribution < 1.29 is 4.74 Å². The fourth-order valence-electron chi connectivity index (χ4n) is 3.89. The number of nitrogens with zero attached hydrogens (tertiary/aromatic N) is 2. The Morgan fingerprint density at radius 3 is 2.48 bits per heavy atom. The van der Waals surface area contributed by atoms with Crippen molar-refractivity contribution in [3.05, 3.63) is 0 Å². The third-order valence-corrected chi connectivity index (χ3v) is 5.45. The van der Waals surface area contributed by atoms with Gasteiger partial charge >= 0.3 is 0 Å².